The molecule has 1 aromatic carbocycles. The summed E-state index contributed by atoms with van der Waals surface area (Å²) in [6, 6.07) is 4.87. The molecule has 3 N–H and O–H groups in total. The second kappa shape index (κ2) is 6.75. The largest absolute Gasteiger partial charge is 0.496 e. The summed E-state index contributed by atoms with van der Waals surface area (Å²) in [6.07, 6.45) is 0.876. The fourth-order valence-corrected chi connectivity index (χ4v) is 2.02. The van der Waals surface area contributed by atoms with Crippen molar-refractivity contribution >= 4 is 27.5 Å². The minimum Gasteiger partial charge on any atom is -0.496 e. The summed E-state index contributed by atoms with van der Waals surface area (Å²) >= 11 is 3.37. The van der Waals surface area contributed by atoms with Crippen molar-refractivity contribution in [3.63, 3.8) is 0 Å². The van der Waals surface area contributed by atoms with Gasteiger partial charge in [0.05, 0.1) is 17.6 Å². The molecular weight excluding hydrogens is 296 g/mol. The number of halogens is 1. The molecule has 0 aromatic heterocycles. The van der Waals surface area contributed by atoms with E-state index >= 15 is 0 Å². The predicted octanol–water partition coefficient (Wildman–Crippen LogP) is 2.77. The highest BCUT2D eigenvalue weighted by atomic mass is 79.9. The van der Waals surface area contributed by atoms with E-state index in [2.05, 4.69) is 21.2 Å². The number of carbonyl (C=O) groups is 1. The first kappa shape index (κ1) is 15.0. The first-order valence-corrected chi connectivity index (χ1v) is 6.68. The smallest absolute Gasteiger partial charge is 0.241 e. The predicted molar refractivity (Wildman–Crippen MR) is 76.8 cm³/mol. The molecule has 1 aromatic rings. The molecule has 0 fully saturated rings. The molecule has 0 aliphatic carbocycles. The van der Waals surface area contributed by atoms with Crippen LogP contribution in [0.5, 0.6) is 5.75 Å². The molecule has 0 aliphatic heterocycles. The Balaban J connectivity index is 2.73. The van der Waals surface area contributed by atoms with Gasteiger partial charge in [-0.2, -0.15) is 0 Å². The van der Waals surface area contributed by atoms with Crippen LogP contribution in [-0.2, 0) is 4.79 Å². The van der Waals surface area contributed by atoms with Crippen molar-refractivity contribution in [1.82, 2.24) is 0 Å². The van der Waals surface area contributed by atoms with E-state index in [1.165, 1.54) is 0 Å². The van der Waals surface area contributed by atoms with Gasteiger partial charge in [-0.3, -0.25) is 4.79 Å². The molecule has 0 saturated heterocycles. The van der Waals surface area contributed by atoms with E-state index in [0.29, 0.717) is 5.69 Å². The third-order valence-corrected chi connectivity index (χ3v) is 3.60. The summed E-state index contributed by atoms with van der Waals surface area (Å²) in [6.45, 7) is 3.98. The maximum absolute atomic E-state index is 11.9. The Labute approximate surface area is 116 Å². The lowest BCUT2D eigenvalue weighted by Gasteiger charge is -2.18. The van der Waals surface area contributed by atoms with Crippen molar-refractivity contribution < 1.29 is 9.53 Å². The van der Waals surface area contributed by atoms with Gasteiger partial charge in [-0.05, 0) is 40.0 Å². The van der Waals surface area contributed by atoms with Gasteiger partial charge in [0.25, 0.3) is 0 Å². The van der Waals surface area contributed by atoms with Crippen molar-refractivity contribution in [2.75, 3.05) is 12.4 Å². The van der Waals surface area contributed by atoms with Gasteiger partial charge in [0.1, 0.15) is 5.75 Å². The molecular formula is C13H19BrN2O2. The van der Waals surface area contributed by atoms with Gasteiger partial charge in [-0.25, -0.2) is 0 Å². The van der Waals surface area contributed by atoms with Crippen LogP contribution in [-0.4, -0.2) is 19.1 Å². The Morgan fingerprint density at radius 2 is 2.22 bits per heavy atom. The van der Waals surface area contributed by atoms with Gasteiger partial charge < -0.3 is 15.8 Å². The lowest BCUT2D eigenvalue weighted by molar-refractivity contribution is -0.118. The number of ether oxygens (including phenoxy) is 1. The van der Waals surface area contributed by atoms with Gasteiger partial charge in [0.2, 0.25) is 5.91 Å². The van der Waals surface area contributed by atoms with E-state index in [0.717, 1.165) is 16.6 Å². The zero-order valence-electron chi connectivity index (χ0n) is 10.9. The van der Waals surface area contributed by atoms with Crippen LogP contribution in [0.2, 0.25) is 0 Å². The molecule has 0 radical (unpaired) electrons. The summed E-state index contributed by atoms with van der Waals surface area (Å²) < 4.78 is 5.92. The van der Waals surface area contributed by atoms with Crippen LogP contribution in [0.15, 0.2) is 22.7 Å². The molecule has 1 rings (SSSR count). The molecule has 100 valence electrons. The molecule has 5 heteroatoms. The molecule has 0 saturated carbocycles. The number of hydrogen-bond donors (Lipinski definition) is 2. The van der Waals surface area contributed by atoms with Gasteiger partial charge in [0.15, 0.2) is 0 Å². The Morgan fingerprint density at radius 3 is 2.72 bits per heavy atom. The Bertz CT molecular complexity index is 423. The highest BCUT2D eigenvalue weighted by Crippen LogP contribution is 2.27. The summed E-state index contributed by atoms with van der Waals surface area (Å²) in [5, 5.41) is 2.80. The van der Waals surface area contributed by atoms with E-state index in [1.54, 1.807) is 25.3 Å². The fourth-order valence-electron chi connectivity index (χ4n) is 1.48. The molecule has 1 amide bonds. The second-order valence-electron chi connectivity index (χ2n) is 4.25. The van der Waals surface area contributed by atoms with Crippen LogP contribution in [0.4, 0.5) is 5.69 Å². The Kier molecular flexibility index (Phi) is 5.62. The number of anilines is 1. The van der Waals surface area contributed by atoms with E-state index in [9.17, 15) is 4.79 Å². The van der Waals surface area contributed by atoms with Crippen LogP contribution >= 0.6 is 15.9 Å². The summed E-state index contributed by atoms with van der Waals surface area (Å²) in [5.74, 6) is 0.715. The molecule has 0 unspecified atom stereocenters. The fraction of sp³-hybridized carbons (Fsp3) is 0.462. The molecule has 18 heavy (non-hydrogen) atoms. The first-order chi connectivity index (χ1) is 8.49. The van der Waals surface area contributed by atoms with Gasteiger partial charge in [-0.1, -0.05) is 20.3 Å². The monoisotopic (exact) mass is 314 g/mol. The minimum absolute atomic E-state index is 0.159. The van der Waals surface area contributed by atoms with E-state index < -0.39 is 6.04 Å². The van der Waals surface area contributed by atoms with Crippen molar-refractivity contribution in [2.45, 2.75) is 26.3 Å². The number of benzene rings is 1. The van der Waals surface area contributed by atoms with Crippen molar-refractivity contribution in [3.05, 3.63) is 22.7 Å². The van der Waals surface area contributed by atoms with Crippen LogP contribution in [0.3, 0.4) is 0 Å². The maximum Gasteiger partial charge on any atom is 0.241 e. The Morgan fingerprint density at radius 1 is 1.56 bits per heavy atom. The van der Waals surface area contributed by atoms with Crippen molar-refractivity contribution in [2.24, 2.45) is 11.7 Å². The SMILES string of the molecule is CC[C@H](C)[C@H](N)C(=O)Nc1ccc(OC)c(Br)c1. The molecule has 2 atom stereocenters. The van der Waals surface area contributed by atoms with Crippen molar-refractivity contribution in [3.8, 4) is 5.75 Å². The molecule has 0 heterocycles. The van der Waals surface area contributed by atoms with Crippen LogP contribution in [0.25, 0.3) is 0 Å². The number of hydrogen-bond acceptors (Lipinski definition) is 3. The minimum atomic E-state index is -0.490. The first-order valence-electron chi connectivity index (χ1n) is 5.89. The van der Waals surface area contributed by atoms with Crippen LogP contribution in [0, 0.1) is 5.92 Å². The van der Waals surface area contributed by atoms with Crippen LogP contribution in [0.1, 0.15) is 20.3 Å². The highest BCUT2D eigenvalue weighted by molar-refractivity contribution is 9.10. The zero-order chi connectivity index (χ0) is 13.7. The summed E-state index contributed by atoms with van der Waals surface area (Å²) in [4.78, 5) is 11.9. The quantitative estimate of drug-likeness (QED) is 0.878. The van der Waals surface area contributed by atoms with E-state index in [1.807, 2.05) is 13.8 Å². The molecule has 4 nitrogen and oxygen atoms in total. The summed E-state index contributed by atoms with van der Waals surface area (Å²) in [5.41, 5.74) is 6.57. The summed E-state index contributed by atoms with van der Waals surface area (Å²) in [7, 11) is 1.59. The molecule has 0 spiro atoms. The molecule has 0 bridgehead atoms. The van der Waals surface area contributed by atoms with E-state index in [4.69, 9.17) is 10.5 Å². The lowest BCUT2D eigenvalue weighted by Crippen LogP contribution is -2.40. The Hall–Kier alpha value is -1.07. The number of amides is 1. The molecule has 0 aliphatic rings. The number of rotatable bonds is 5. The van der Waals surface area contributed by atoms with Gasteiger partial charge in [-0.15, -0.1) is 0 Å². The third kappa shape index (κ3) is 3.71. The second-order valence-corrected chi connectivity index (χ2v) is 5.10. The zero-order valence-corrected chi connectivity index (χ0v) is 12.5. The topological polar surface area (TPSA) is 64.4 Å². The van der Waals surface area contributed by atoms with Crippen molar-refractivity contribution in [1.29, 1.82) is 0 Å². The van der Waals surface area contributed by atoms with Crippen LogP contribution < -0.4 is 15.8 Å². The highest BCUT2D eigenvalue weighted by Gasteiger charge is 2.19. The number of nitrogens with two attached hydrogens (primary N) is 1. The van der Waals surface area contributed by atoms with Gasteiger partial charge in [0, 0.05) is 5.69 Å². The standard InChI is InChI=1S/C13H19BrN2O2/c1-4-8(2)12(15)13(17)16-9-5-6-11(18-3)10(14)7-9/h5-8,12H,4,15H2,1-3H3,(H,16,17)/t8-,12-/m0/s1. The number of carbonyl (C=O) groups excluding carboxylic acids is 1. The van der Waals surface area contributed by atoms with E-state index in [-0.39, 0.29) is 11.8 Å². The van der Waals surface area contributed by atoms with Gasteiger partial charge >= 0.3 is 0 Å². The normalized spacial score (nSPS) is 13.8. The number of methoxy groups -OCH3 is 1. The third-order valence-electron chi connectivity index (χ3n) is 2.98. The number of nitrogens with one attached hydrogen (secondary N) is 1. The average Bonchev–Trinajstić information content (AvgIpc) is 2.37. The average molecular weight is 315 g/mol. The lowest BCUT2D eigenvalue weighted by atomic mass is 9.99. The maximum atomic E-state index is 11.9.